The highest BCUT2D eigenvalue weighted by atomic mass is 32.1. The second kappa shape index (κ2) is 8.67. The first-order chi connectivity index (χ1) is 14.7. The van der Waals surface area contributed by atoms with Crippen LogP contribution in [0.5, 0.6) is 17.2 Å². The molecule has 1 atom stereocenters. The summed E-state index contributed by atoms with van der Waals surface area (Å²) in [5.74, 6) is 1.82. The summed E-state index contributed by atoms with van der Waals surface area (Å²) in [6.45, 7) is 1.64. The van der Waals surface area contributed by atoms with E-state index >= 15 is 0 Å². The van der Waals surface area contributed by atoms with Crippen LogP contribution in [0.4, 0.5) is 5.69 Å². The lowest BCUT2D eigenvalue weighted by Crippen LogP contribution is -2.44. The molecule has 0 amide bonds. The largest absolute Gasteiger partial charge is 0.493 e. The average Bonchev–Trinajstić information content (AvgIpc) is 3.26. The minimum atomic E-state index is -0.0915. The van der Waals surface area contributed by atoms with Gasteiger partial charge in [0.2, 0.25) is 5.75 Å². The second-order valence-corrected chi connectivity index (χ2v) is 7.36. The Hall–Kier alpha value is -3.19. The Balaban J connectivity index is 1.77. The monoisotopic (exact) mass is 423 g/mol. The van der Waals surface area contributed by atoms with E-state index in [9.17, 15) is 0 Å². The van der Waals surface area contributed by atoms with Crippen molar-refractivity contribution in [3.8, 4) is 17.2 Å². The zero-order chi connectivity index (χ0) is 21.1. The second-order valence-electron chi connectivity index (χ2n) is 6.98. The van der Waals surface area contributed by atoms with Crippen molar-refractivity contribution in [2.75, 3.05) is 33.2 Å². The minimum absolute atomic E-state index is 0.0915. The van der Waals surface area contributed by atoms with Crippen LogP contribution in [0.1, 0.15) is 17.3 Å². The summed E-state index contributed by atoms with van der Waals surface area (Å²) in [6, 6.07) is 18.1. The van der Waals surface area contributed by atoms with Crippen LogP contribution in [0.3, 0.4) is 0 Å². The summed E-state index contributed by atoms with van der Waals surface area (Å²) in [4.78, 5) is 2.21. The maximum atomic E-state index is 5.83. The standard InChI is InChI=1S/C23H25N3O3S/c1-27-19-14-16(15-20(28-2)22(19)29-3)21-18-10-7-11-25(18)12-13-26(21)23(30)24-17-8-5-4-6-9-17/h4-11,14-15,21H,12-13H2,1-3H3,(H,24,30)/t21-/m1/s1. The Morgan fingerprint density at radius 3 is 2.27 bits per heavy atom. The van der Waals surface area contributed by atoms with Gasteiger partial charge in [0.15, 0.2) is 16.6 Å². The quantitative estimate of drug-likeness (QED) is 0.617. The van der Waals surface area contributed by atoms with Gasteiger partial charge in [-0.2, -0.15) is 0 Å². The number of aromatic nitrogens is 1. The molecule has 1 aliphatic rings. The molecule has 0 aliphatic carbocycles. The lowest BCUT2D eigenvalue weighted by molar-refractivity contribution is 0.288. The first kappa shape index (κ1) is 20.1. The molecule has 1 aromatic heterocycles. The summed E-state index contributed by atoms with van der Waals surface area (Å²) < 4.78 is 18.9. The molecule has 0 bridgehead atoms. The van der Waals surface area contributed by atoms with Gasteiger partial charge in [0.25, 0.3) is 0 Å². The van der Waals surface area contributed by atoms with Crippen LogP contribution in [-0.4, -0.2) is 42.5 Å². The van der Waals surface area contributed by atoms with Crippen molar-refractivity contribution in [2.24, 2.45) is 0 Å². The van der Waals surface area contributed by atoms with Crippen molar-refractivity contribution in [3.05, 3.63) is 72.1 Å². The molecule has 1 aliphatic heterocycles. The number of hydrogen-bond donors (Lipinski definition) is 1. The normalized spacial score (nSPS) is 15.3. The lowest BCUT2D eigenvalue weighted by atomic mass is 9.99. The van der Waals surface area contributed by atoms with E-state index in [1.54, 1.807) is 21.3 Å². The van der Waals surface area contributed by atoms with Gasteiger partial charge in [0.05, 0.1) is 27.4 Å². The van der Waals surface area contributed by atoms with Gasteiger partial charge >= 0.3 is 0 Å². The SMILES string of the molecule is COc1cc([C@@H]2c3cccn3CCN2C(=S)Nc2ccccc2)cc(OC)c1OC. The number of hydrogen-bond acceptors (Lipinski definition) is 4. The molecule has 4 rings (SSSR count). The fourth-order valence-electron chi connectivity index (χ4n) is 3.93. The van der Waals surface area contributed by atoms with Crippen molar-refractivity contribution < 1.29 is 14.2 Å². The number of methoxy groups -OCH3 is 3. The van der Waals surface area contributed by atoms with Gasteiger partial charge in [-0.25, -0.2) is 0 Å². The number of ether oxygens (including phenoxy) is 3. The van der Waals surface area contributed by atoms with E-state index in [-0.39, 0.29) is 6.04 Å². The maximum Gasteiger partial charge on any atom is 0.203 e. The molecular formula is C23H25N3O3S. The summed E-state index contributed by atoms with van der Waals surface area (Å²) in [6.07, 6.45) is 2.10. The number of thiocarbonyl (C=S) groups is 1. The van der Waals surface area contributed by atoms with Gasteiger partial charge in [0.1, 0.15) is 0 Å². The topological polar surface area (TPSA) is 47.9 Å². The molecule has 0 spiro atoms. The molecule has 7 heteroatoms. The van der Waals surface area contributed by atoms with Gasteiger partial charge in [-0.3, -0.25) is 0 Å². The Bertz CT molecular complexity index is 1010. The molecule has 0 saturated carbocycles. The van der Waals surface area contributed by atoms with E-state index in [0.717, 1.165) is 30.0 Å². The fourth-order valence-corrected chi connectivity index (χ4v) is 4.24. The summed E-state index contributed by atoms with van der Waals surface area (Å²) in [5.41, 5.74) is 3.14. The summed E-state index contributed by atoms with van der Waals surface area (Å²) in [5, 5.41) is 4.05. The average molecular weight is 424 g/mol. The molecule has 3 aromatic rings. The minimum Gasteiger partial charge on any atom is -0.493 e. The third kappa shape index (κ3) is 3.68. The van der Waals surface area contributed by atoms with Crippen LogP contribution in [0.2, 0.25) is 0 Å². The number of para-hydroxylation sites is 1. The molecule has 30 heavy (non-hydrogen) atoms. The van der Waals surface area contributed by atoms with E-state index < -0.39 is 0 Å². The fraction of sp³-hybridized carbons (Fsp3) is 0.261. The molecule has 2 aromatic carbocycles. The molecular weight excluding hydrogens is 398 g/mol. The van der Waals surface area contributed by atoms with Crippen LogP contribution in [0.15, 0.2) is 60.8 Å². The molecule has 0 fully saturated rings. The van der Waals surface area contributed by atoms with E-state index in [1.807, 2.05) is 42.5 Å². The van der Waals surface area contributed by atoms with E-state index in [2.05, 4.69) is 33.1 Å². The molecule has 2 heterocycles. The number of rotatable bonds is 5. The van der Waals surface area contributed by atoms with Crippen LogP contribution in [0, 0.1) is 0 Å². The van der Waals surface area contributed by atoms with Crippen molar-refractivity contribution in [1.82, 2.24) is 9.47 Å². The third-order valence-electron chi connectivity index (χ3n) is 5.33. The number of fused-ring (bicyclic) bond motifs is 1. The van der Waals surface area contributed by atoms with E-state index in [4.69, 9.17) is 26.4 Å². The van der Waals surface area contributed by atoms with Gasteiger partial charge in [-0.15, -0.1) is 0 Å². The predicted octanol–water partition coefficient (Wildman–Crippen LogP) is 4.32. The highest BCUT2D eigenvalue weighted by molar-refractivity contribution is 7.80. The molecule has 0 radical (unpaired) electrons. The van der Waals surface area contributed by atoms with Crippen LogP contribution in [0.25, 0.3) is 0 Å². The number of benzene rings is 2. The van der Waals surface area contributed by atoms with Crippen LogP contribution in [-0.2, 0) is 6.54 Å². The Morgan fingerprint density at radius 2 is 1.63 bits per heavy atom. The molecule has 6 nitrogen and oxygen atoms in total. The third-order valence-corrected chi connectivity index (χ3v) is 5.66. The van der Waals surface area contributed by atoms with Gasteiger partial charge in [0, 0.05) is 30.7 Å². The van der Waals surface area contributed by atoms with Gasteiger partial charge in [-0.05, 0) is 54.2 Å². The van der Waals surface area contributed by atoms with Crippen molar-refractivity contribution >= 4 is 23.0 Å². The van der Waals surface area contributed by atoms with Gasteiger partial charge < -0.3 is 29.0 Å². The number of anilines is 1. The molecule has 156 valence electrons. The maximum absolute atomic E-state index is 5.83. The van der Waals surface area contributed by atoms with Crippen molar-refractivity contribution in [3.63, 3.8) is 0 Å². The van der Waals surface area contributed by atoms with Crippen LogP contribution >= 0.6 is 12.2 Å². The summed E-state index contributed by atoms with van der Waals surface area (Å²) >= 11 is 5.83. The number of nitrogens with zero attached hydrogens (tertiary/aromatic N) is 2. The highest BCUT2D eigenvalue weighted by Gasteiger charge is 2.32. The molecule has 0 saturated heterocycles. The Labute approximate surface area is 182 Å². The predicted molar refractivity (Wildman–Crippen MR) is 122 cm³/mol. The molecule has 1 N–H and O–H groups in total. The zero-order valence-corrected chi connectivity index (χ0v) is 18.1. The zero-order valence-electron chi connectivity index (χ0n) is 17.3. The smallest absolute Gasteiger partial charge is 0.203 e. The summed E-state index contributed by atoms with van der Waals surface area (Å²) in [7, 11) is 4.87. The first-order valence-electron chi connectivity index (χ1n) is 9.74. The number of nitrogens with one attached hydrogen (secondary N) is 1. The first-order valence-corrected chi connectivity index (χ1v) is 10.1. The van der Waals surface area contributed by atoms with Crippen LogP contribution < -0.4 is 19.5 Å². The van der Waals surface area contributed by atoms with Crippen molar-refractivity contribution in [2.45, 2.75) is 12.6 Å². The Morgan fingerprint density at radius 1 is 0.933 bits per heavy atom. The lowest BCUT2D eigenvalue weighted by Gasteiger charge is -2.39. The molecule has 0 unspecified atom stereocenters. The van der Waals surface area contributed by atoms with Gasteiger partial charge in [-0.1, -0.05) is 18.2 Å². The highest BCUT2D eigenvalue weighted by Crippen LogP contribution is 2.43. The van der Waals surface area contributed by atoms with Crippen molar-refractivity contribution in [1.29, 1.82) is 0 Å². The van der Waals surface area contributed by atoms with E-state index in [0.29, 0.717) is 22.4 Å². The Kier molecular flexibility index (Phi) is 5.81. The van der Waals surface area contributed by atoms with E-state index in [1.165, 1.54) is 0 Å².